The van der Waals surface area contributed by atoms with Crippen molar-refractivity contribution in [1.82, 2.24) is 15.5 Å². The van der Waals surface area contributed by atoms with Crippen LogP contribution < -0.4 is 5.32 Å². The highest BCUT2D eigenvalue weighted by Crippen LogP contribution is 2.20. The van der Waals surface area contributed by atoms with Crippen LogP contribution in [0.1, 0.15) is 43.7 Å². The monoisotopic (exact) mass is 343 g/mol. The molecule has 0 aliphatic rings. The molecule has 0 unspecified atom stereocenters. The molecule has 0 bridgehead atoms. The molecule has 0 aromatic carbocycles. The number of hydrogen-bond acceptors (Lipinski definition) is 6. The first-order valence-electron chi connectivity index (χ1n) is 8.02. The van der Waals surface area contributed by atoms with Gasteiger partial charge in [0, 0.05) is 19.0 Å². The average Bonchev–Trinajstić information content (AvgIpc) is 3.12. The third-order valence-electron chi connectivity index (χ3n) is 3.50. The molecule has 1 aromatic heterocycles. The number of rotatable bonds is 9. The molecule has 0 saturated carbocycles. The van der Waals surface area contributed by atoms with Gasteiger partial charge >= 0.3 is 0 Å². The van der Waals surface area contributed by atoms with Crippen LogP contribution in [-0.2, 0) is 4.74 Å². The molecule has 0 aliphatic heterocycles. The van der Waals surface area contributed by atoms with E-state index in [9.17, 15) is 4.79 Å². The number of carbonyl (C=O) groups excluding carboxylic acids is 1. The van der Waals surface area contributed by atoms with Gasteiger partial charge in [0.1, 0.15) is 0 Å². The van der Waals surface area contributed by atoms with E-state index in [1.54, 1.807) is 39.3 Å². The number of nitrogens with one attached hydrogen (secondary N) is 1. The molecule has 0 fully saturated rings. The molecular weight excluding hydrogens is 318 g/mol. The van der Waals surface area contributed by atoms with E-state index < -0.39 is 0 Å². The van der Waals surface area contributed by atoms with Gasteiger partial charge in [-0.1, -0.05) is 36.9 Å². The third kappa shape index (κ3) is 5.04. The molecule has 134 valence electrons. The first-order valence-corrected chi connectivity index (χ1v) is 8.02. The topological polar surface area (TPSA) is 77.2 Å². The number of allylic oxidation sites excluding steroid dienone is 8. The molecule has 0 saturated heterocycles. The summed E-state index contributed by atoms with van der Waals surface area (Å²) in [7, 11) is 3.33. The van der Waals surface area contributed by atoms with Crippen LogP contribution >= 0.6 is 0 Å². The molecule has 1 aromatic rings. The van der Waals surface area contributed by atoms with Gasteiger partial charge in [-0.3, -0.25) is 4.79 Å². The minimum Gasteiger partial charge on any atom is -0.501 e. The molecule has 1 rings (SSSR count). The zero-order chi connectivity index (χ0) is 18.8. The van der Waals surface area contributed by atoms with E-state index in [1.807, 2.05) is 26.0 Å². The van der Waals surface area contributed by atoms with Crippen LogP contribution in [0.5, 0.6) is 0 Å². The number of aromatic nitrogens is 2. The standard InChI is InChI=1S/C19H25N3O3/c1-7-11-16(20-5)18-21-19(25-22-18)17(23)15(10-4)13(8-2)12-14(9-3)24-6/h7-8,10-12,20H,1,9H2,2-6H3/b13-8-,14-12+,15-10-,16-11-. The van der Waals surface area contributed by atoms with Crippen molar-refractivity contribution in [1.29, 1.82) is 0 Å². The van der Waals surface area contributed by atoms with Gasteiger partial charge in [0.2, 0.25) is 5.82 Å². The van der Waals surface area contributed by atoms with E-state index in [0.717, 1.165) is 17.8 Å². The fraction of sp³-hybridized carbons (Fsp3) is 0.316. The summed E-state index contributed by atoms with van der Waals surface area (Å²) in [5.74, 6) is 0.658. The Hall–Kier alpha value is -2.89. The molecule has 1 heterocycles. The quantitative estimate of drug-likeness (QED) is 0.318. The van der Waals surface area contributed by atoms with Crippen molar-refractivity contribution in [3.8, 4) is 0 Å². The van der Waals surface area contributed by atoms with Crippen LogP contribution in [-0.4, -0.2) is 30.1 Å². The number of ether oxygens (including phenoxy) is 1. The molecule has 0 aliphatic carbocycles. The number of methoxy groups -OCH3 is 1. The van der Waals surface area contributed by atoms with E-state index in [0.29, 0.717) is 17.1 Å². The first-order chi connectivity index (χ1) is 12.1. The predicted molar refractivity (Wildman–Crippen MR) is 98.8 cm³/mol. The van der Waals surface area contributed by atoms with E-state index in [1.165, 1.54) is 0 Å². The Morgan fingerprint density at radius 1 is 1.36 bits per heavy atom. The largest absolute Gasteiger partial charge is 0.501 e. The Morgan fingerprint density at radius 3 is 2.56 bits per heavy atom. The van der Waals surface area contributed by atoms with E-state index >= 15 is 0 Å². The van der Waals surface area contributed by atoms with Crippen molar-refractivity contribution in [2.75, 3.05) is 14.2 Å². The number of hydrogen-bond donors (Lipinski definition) is 1. The summed E-state index contributed by atoms with van der Waals surface area (Å²) in [6, 6.07) is 0. The fourth-order valence-corrected chi connectivity index (χ4v) is 2.15. The predicted octanol–water partition coefficient (Wildman–Crippen LogP) is 3.83. The zero-order valence-corrected chi connectivity index (χ0v) is 15.4. The highest BCUT2D eigenvalue weighted by Gasteiger charge is 2.22. The van der Waals surface area contributed by atoms with Gasteiger partial charge in [0.15, 0.2) is 0 Å². The maximum Gasteiger partial charge on any atom is 0.299 e. The van der Waals surface area contributed by atoms with Crippen LogP contribution in [0, 0.1) is 0 Å². The van der Waals surface area contributed by atoms with Gasteiger partial charge in [-0.05, 0) is 31.6 Å². The second-order valence-electron chi connectivity index (χ2n) is 4.93. The van der Waals surface area contributed by atoms with Crippen molar-refractivity contribution in [2.45, 2.75) is 27.2 Å². The summed E-state index contributed by atoms with van der Waals surface area (Å²) in [6.07, 6.45) is 9.42. The van der Waals surface area contributed by atoms with E-state index in [-0.39, 0.29) is 11.7 Å². The Kier molecular flexibility index (Phi) is 8.12. The van der Waals surface area contributed by atoms with Gasteiger partial charge in [0.05, 0.1) is 18.6 Å². The highest BCUT2D eigenvalue weighted by atomic mass is 16.5. The number of nitrogens with zero attached hydrogens (tertiary/aromatic N) is 2. The summed E-state index contributed by atoms with van der Waals surface area (Å²) >= 11 is 0. The SMILES string of the molecule is C=C/C=C(\NC)c1noc(C(=O)C(=C\C)/C(=C\C)/C=C(\CC)OC)n1. The normalized spacial score (nSPS) is 13.6. The van der Waals surface area contributed by atoms with Gasteiger partial charge in [-0.25, -0.2) is 0 Å². The Morgan fingerprint density at radius 2 is 2.08 bits per heavy atom. The second-order valence-corrected chi connectivity index (χ2v) is 4.93. The van der Waals surface area contributed by atoms with E-state index in [2.05, 4.69) is 22.0 Å². The zero-order valence-electron chi connectivity index (χ0n) is 15.4. The highest BCUT2D eigenvalue weighted by molar-refractivity contribution is 6.09. The lowest BCUT2D eigenvalue weighted by atomic mass is 10.00. The summed E-state index contributed by atoms with van der Waals surface area (Å²) < 4.78 is 10.4. The Bertz CT molecular complexity index is 731. The molecule has 1 N–H and O–H groups in total. The Balaban J connectivity index is 3.20. The van der Waals surface area contributed by atoms with Crippen LogP contribution in [0.2, 0.25) is 0 Å². The van der Waals surface area contributed by atoms with Crippen molar-refractivity contribution < 1.29 is 14.1 Å². The summed E-state index contributed by atoms with van der Waals surface area (Å²) in [4.78, 5) is 17.0. The summed E-state index contributed by atoms with van der Waals surface area (Å²) in [6.45, 7) is 9.26. The molecule has 0 amide bonds. The molecular formula is C19H25N3O3. The fourth-order valence-electron chi connectivity index (χ4n) is 2.15. The van der Waals surface area contributed by atoms with Gasteiger partial charge < -0.3 is 14.6 Å². The summed E-state index contributed by atoms with van der Waals surface area (Å²) in [5.41, 5.74) is 1.82. The van der Waals surface area contributed by atoms with Crippen molar-refractivity contribution in [2.24, 2.45) is 0 Å². The van der Waals surface area contributed by atoms with Crippen LogP contribution in [0.15, 0.2) is 58.4 Å². The minimum atomic E-state index is -0.341. The molecule has 0 radical (unpaired) electrons. The lowest BCUT2D eigenvalue weighted by Crippen LogP contribution is -2.08. The van der Waals surface area contributed by atoms with Crippen LogP contribution in [0.4, 0.5) is 0 Å². The summed E-state index contributed by atoms with van der Waals surface area (Å²) in [5, 5.41) is 6.78. The molecule has 0 spiro atoms. The maximum atomic E-state index is 12.8. The minimum absolute atomic E-state index is 0.0727. The lowest BCUT2D eigenvalue weighted by Gasteiger charge is -2.08. The first kappa shape index (κ1) is 20.2. The van der Waals surface area contributed by atoms with Crippen LogP contribution in [0.3, 0.4) is 0 Å². The van der Waals surface area contributed by atoms with E-state index in [4.69, 9.17) is 9.26 Å². The van der Waals surface area contributed by atoms with Crippen molar-refractivity contribution >= 4 is 11.5 Å². The molecule has 0 atom stereocenters. The molecule has 6 heteroatoms. The lowest BCUT2D eigenvalue weighted by molar-refractivity contribution is 0.0992. The average molecular weight is 343 g/mol. The third-order valence-corrected chi connectivity index (χ3v) is 3.50. The van der Waals surface area contributed by atoms with Crippen LogP contribution in [0.25, 0.3) is 5.70 Å². The number of carbonyl (C=O) groups is 1. The smallest absolute Gasteiger partial charge is 0.299 e. The van der Waals surface area contributed by atoms with Crippen molar-refractivity contribution in [3.05, 3.63) is 65.6 Å². The number of ketones is 1. The van der Waals surface area contributed by atoms with Gasteiger partial charge in [-0.15, -0.1) is 0 Å². The molecule has 25 heavy (non-hydrogen) atoms. The van der Waals surface area contributed by atoms with Crippen molar-refractivity contribution in [3.63, 3.8) is 0 Å². The van der Waals surface area contributed by atoms with Gasteiger partial charge in [-0.2, -0.15) is 4.98 Å². The molecule has 6 nitrogen and oxygen atoms in total. The Labute approximate surface area is 148 Å². The second kappa shape index (κ2) is 10.1. The van der Waals surface area contributed by atoms with Gasteiger partial charge in [0.25, 0.3) is 11.7 Å². The maximum absolute atomic E-state index is 12.8. The number of Topliss-reactive ketones (excluding diaryl/α,β-unsaturated/α-hetero) is 1.